The van der Waals surface area contributed by atoms with Gasteiger partial charge in [-0.1, -0.05) is 45.3 Å². The van der Waals surface area contributed by atoms with E-state index in [1.54, 1.807) is 0 Å². The van der Waals surface area contributed by atoms with Gasteiger partial charge in [-0.2, -0.15) is 0 Å². The zero-order valence-corrected chi connectivity index (χ0v) is 26.9. The van der Waals surface area contributed by atoms with E-state index in [0.717, 1.165) is 18.2 Å². The van der Waals surface area contributed by atoms with Gasteiger partial charge in [0.05, 0.1) is 5.56 Å². The van der Waals surface area contributed by atoms with E-state index in [-0.39, 0.29) is 4.48 Å². The van der Waals surface area contributed by atoms with Gasteiger partial charge in [0, 0.05) is 0 Å². The standard InChI is InChI=1S/C33H21B2F15N2/c1-12(2)52(13(3)4)34-10-14(16-19(36)25(42)31(48)26(43)20(16)37)15(11-34)35(51-8-6-5-7-9-51,17-21(38)27(44)32(49)28(45)22(17)39)18-23(40)29(46)33(50)30(47)24(18)41/h5-13H,1-4H3. The first-order valence-corrected chi connectivity index (χ1v) is 15.1. The number of pyridine rings is 1. The minimum absolute atomic E-state index is 0.264. The number of hydrogen-bond acceptors (Lipinski definition) is 1. The molecular formula is C33H21B2F15N2. The monoisotopic (exact) mass is 752 g/mol. The van der Waals surface area contributed by atoms with E-state index >= 15 is 43.9 Å². The highest BCUT2D eigenvalue weighted by atomic mass is 19.2. The van der Waals surface area contributed by atoms with Gasteiger partial charge in [-0.25, -0.2) is 65.9 Å². The Kier molecular flexibility index (Phi) is 10.2. The molecule has 0 spiro atoms. The highest BCUT2D eigenvalue weighted by molar-refractivity contribution is 7.04. The van der Waals surface area contributed by atoms with Crippen molar-refractivity contribution in [3.8, 4) is 0 Å². The highest BCUT2D eigenvalue weighted by Gasteiger charge is 2.57. The molecule has 52 heavy (non-hydrogen) atoms. The Labute approximate surface area is 285 Å². The Morgan fingerprint density at radius 2 is 0.788 bits per heavy atom. The van der Waals surface area contributed by atoms with Crippen molar-refractivity contribution in [3.63, 3.8) is 0 Å². The molecule has 0 saturated carbocycles. The molecule has 2 heterocycles. The van der Waals surface area contributed by atoms with Gasteiger partial charge in [0.2, 0.25) is 5.82 Å². The average molecular weight is 752 g/mol. The third-order valence-corrected chi connectivity index (χ3v) is 8.97. The van der Waals surface area contributed by atoms with E-state index in [2.05, 4.69) is 0 Å². The molecule has 1 aliphatic rings. The van der Waals surface area contributed by atoms with E-state index in [4.69, 9.17) is 0 Å². The van der Waals surface area contributed by atoms with Gasteiger partial charge in [0.1, 0.15) is 35.7 Å². The summed E-state index contributed by atoms with van der Waals surface area (Å²) in [6.07, 6.45) is -3.99. The molecule has 1 aromatic heterocycles. The second-order valence-corrected chi connectivity index (χ2v) is 12.4. The molecule has 19 heteroatoms. The maximum absolute atomic E-state index is 16.2. The molecule has 0 unspecified atom stereocenters. The Morgan fingerprint density at radius 1 is 0.462 bits per heavy atom. The Hall–Kier alpha value is -4.67. The van der Waals surface area contributed by atoms with E-state index in [1.165, 1.54) is 32.5 Å². The lowest BCUT2D eigenvalue weighted by Crippen LogP contribution is -2.82. The first kappa shape index (κ1) is 38.6. The molecule has 3 aromatic carbocycles. The maximum Gasteiger partial charge on any atom is 0.371 e. The molecule has 1 aliphatic heterocycles. The fraction of sp³-hybridized carbons (Fsp3) is 0.182. The number of rotatable bonds is 8. The minimum atomic E-state index is -5.25. The first-order chi connectivity index (χ1) is 24.2. The number of hydrogen-bond donors (Lipinski definition) is 0. The molecule has 274 valence electrons. The Balaban J connectivity index is 2.19. The summed E-state index contributed by atoms with van der Waals surface area (Å²) in [5, 5.41) is 0. The van der Waals surface area contributed by atoms with E-state index in [0.29, 0.717) is 24.3 Å². The van der Waals surface area contributed by atoms with Crippen LogP contribution in [0.5, 0.6) is 0 Å². The lowest BCUT2D eigenvalue weighted by atomic mass is 9.22. The molecule has 0 fully saturated rings. The molecule has 0 N–H and O–H groups in total. The van der Waals surface area contributed by atoms with Crippen molar-refractivity contribution in [1.82, 2.24) is 4.81 Å². The summed E-state index contributed by atoms with van der Waals surface area (Å²) in [7, 11) is 0. The third-order valence-electron chi connectivity index (χ3n) is 8.97. The zero-order chi connectivity index (χ0) is 38.9. The van der Waals surface area contributed by atoms with Crippen molar-refractivity contribution in [1.29, 1.82) is 0 Å². The summed E-state index contributed by atoms with van der Waals surface area (Å²) < 4.78 is 230. The largest absolute Gasteiger partial charge is 0.415 e. The molecule has 0 atom stereocenters. The number of benzene rings is 3. The van der Waals surface area contributed by atoms with E-state index in [9.17, 15) is 22.0 Å². The fourth-order valence-corrected chi connectivity index (χ4v) is 7.04. The minimum Gasteiger partial charge on any atom is -0.415 e. The molecule has 2 nitrogen and oxygen atoms in total. The fourth-order valence-electron chi connectivity index (χ4n) is 7.04. The molecule has 0 saturated heterocycles. The second-order valence-electron chi connectivity index (χ2n) is 12.4. The van der Waals surface area contributed by atoms with Crippen LogP contribution in [0.25, 0.3) is 5.57 Å². The Morgan fingerprint density at radius 3 is 1.13 bits per heavy atom. The molecule has 0 amide bonds. The van der Waals surface area contributed by atoms with Gasteiger partial charge in [0.25, 0.3) is 6.85 Å². The Bertz CT molecular complexity index is 2020. The van der Waals surface area contributed by atoms with Crippen LogP contribution in [-0.2, 0) is 0 Å². The molecule has 0 aliphatic carbocycles. The number of allylic oxidation sites excluding steroid dienone is 2. The van der Waals surface area contributed by atoms with Crippen LogP contribution in [0.4, 0.5) is 65.9 Å². The number of halogens is 15. The topological polar surface area (TPSA) is 7.12 Å². The predicted molar refractivity (Wildman–Crippen MR) is 160 cm³/mol. The molecule has 5 rings (SSSR count). The highest BCUT2D eigenvalue weighted by Crippen LogP contribution is 2.41. The lowest BCUT2D eigenvalue weighted by molar-refractivity contribution is -0.540. The molecular weight excluding hydrogens is 731 g/mol. The zero-order valence-electron chi connectivity index (χ0n) is 26.9. The smallest absolute Gasteiger partial charge is 0.371 e. The van der Waals surface area contributed by atoms with Crippen LogP contribution in [0.1, 0.15) is 33.3 Å². The summed E-state index contributed by atoms with van der Waals surface area (Å²) in [6.45, 7) is 4.56. The van der Waals surface area contributed by atoms with Crippen molar-refractivity contribution in [3.05, 3.63) is 141 Å². The van der Waals surface area contributed by atoms with Crippen molar-refractivity contribution < 1.29 is 70.3 Å². The summed E-state index contributed by atoms with van der Waals surface area (Å²) in [5.74, 6) is -40.2. The van der Waals surface area contributed by atoms with Crippen molar-refractivity contribution in [2.45, 2.75) is 39.8 Å². The number of aromatic nitrogens is 1. The van der Waals surface area contributed by atoms with Gasteiger partial charge >= 0.3 is 6.28 Å². The first-order valence-electron chi connectivity index (χ1n) is 15.1. The van der Waals surface area contributed by atoms with Gasteiger partial charge in [-0.3, -0.25) is 0 Å². The van der Waals surface area contributed by atoms with Crippen LogP contribution in [0.2, 0.25) is 0 Å². The van der Waals surface area contributed by atoms with Crippen molar-refractivity contribution in [2.24, 2.45) is 0 Å². The lowest BCUT2D eigenvalue weighted by Gasteiger charge is -2.40. The summed E-state index contributed by atoms with van der Waals surface area (Å²) >= 11 is 0. The normalized spacial score (nSPS) is 13.6. The van der Waals surface area contributed by atoms with Gasteiger partial charge in [-0.05, 0) is 35.1 Å². The van der Waals surface area contributed by atoms with Gasteiger partial charge in [-0.15, -0.1) is 11.4 Å². The average Bonchev–Trinajstić information content (AvgIpc) is 3.53. The maximum atomic E-state index is 16.2. The molecule has 0 bridgehead atoms. The van der Waals surface area contributed by atoms with Crippen molar-refractivity contribution >= 4 is 29.6 Å². The predicted octanol–water partition coefficient (Wildman–Crippen LogP) is 7.42. The second kappa shape index (κ2) is 13.7. The summed E-state index contributed by atoms with van der Waals surface area (Å²) in [6, 6.07) is 1.66. The van der Waals surface area contributed by atoms with Crippen LogP contribution < -0.4 is 15.4 Å². The van der Waals surface area contributed by atoms with Crippen LogP contribution >= 0.6 is 0 Å². The van der Waals surface area contributed by atoms with E-state index in [1.807, 2.05) is 0 Å². The third kappa shape index (κ3) is 5.49. The van der Waals surface area contributed by atoms with Crippen LogP contribution in [0.3, 0.4) is 0 Å². The van der Waals surface area contributed by atoms with E-state index < -0.39 is 140 Å². The van der Waals surface area contributed by atoms with Crippen LogP contribution in [0, 0.1) is 87.3 Å². The summed E-state index contributed by atoms with van der Waals surface area (Å²) in [4.78, 5) is 1.41. The SMILES string of the molecule is CC(C)N(B1C=C(c2c(F)c(F)c(F)c(F)c2F)C([B-](c2c(F)c(F)c(F)c(F)c2F)(c2c(F)c(F)c(F)c(F)c2F)[n+]2ccccc2)=C1)C(C)C. The van der Waals surface area contributed by atoms with Crippen LogP contribution in [-0.4, -0.2) is 30.0 Å². The van der Waals surface area contributed by atoms with Gasteiger partial charge in [0.15, 0.2) is 58.2 Å². The molecule has 0 radical (unpaired) electrons. The van der Waals surface area contributed by atoms with Crippen LogP contribution in [0.15, 0.2) is 48.0 Å². The molecule has 4 aromatic rings. The number of nitrogens with zero attached hydrogens (tertiary/aromatic N) is 2. The quantitative estimate of drug-likeness (QED) is 0.0788. The van der Waals surface area contributed by atoms with Crippen molar-refractivity contribution in [2.75, 3.05) is 0 Å². The van der Waals surface area contributed by atoms with Gasteiger partial charge < -0.3 is 9.29 Å². The summed E-state index contributed by atoms with van der Waals surface area (Å²) in [5.41, 5.74) is -9.21.